The number of likely N-dealkylation sites (tertiary alicyclic amines) is 1. The molecular weight excluding hydrogens is 178 g/mol. The van der Waals surface area contributed by atoms with E-state index in [1.54, 1.807) is 7.11 Å². The van der Waals surface area contributed by atoms with E-state index in [1.165, 1.54) is 0 Å². The predicted octanol–water partition coefficient (Wildman–Crippen LogP) is 1.26. The third-order valence-corrected chi connectivity index (χ3v) is 3.02. The van der Waals surface area contributed by atoms with Crippen LogP contribution in [-0.2, 0) is 4.74 Å². The number of hydrogen-bond acceptors (Lipinski definition) is 3. The molecule has 0 saturated carbocycles. The number of rotatable bonds is 3. The molecule has 0 aromatic rings. The molecule has 0 atom stereocenters. The maximum Gasteiger partial charge on any atom is 0.0718 e. The lowest BCUT2D eigenvalue weighted by Gasteiger charge is -2.40. The molecule has 1 rings (SSSR count). The zero-order valence-corrected chi connectivity index (χ0v) is 9.84. The van der Waals surface area contributed by atoms with Gasteiger partial charge in [0.1, 0.15) is 0 Å². The van der Waals surface area contributed by atoms with E-state index >= 15 is 0 Å². The lowest BCUT2D eigenvalue weighted by Crippen LogP contribution is -2.48. The fourth-order valence-corrected chi connectivity index (χ4v) is 1.94. The van der Waals surface area contributed by atoms with Crippen molar-refractivity contribution in [2.45, 2.75) is 44.8 Å². The molecule has 0 unspecified atom stereocenters. The monoisotopic (exact) mass is 201 g/mol. The molecule has 0 bridgehead atoms. The number of methoxy groups -OCH3 is 1. The van der Waals surface area contributed by atoms with E-state index in [0.717, 1.165) is 32.5 Å². The van der Waals surface area contributed by atoms with Gasteiger partial charge in [-0.15, -0.1) is 0 Å². The summed E-state index contributed by atoms with van der Waals surface area (Å²) in [7, 11) is 1.78. The van der Waals surface area contributed by atoms with Crippen molar-refractivity contribution >= 4 is 0 Å². The average molecular weight is 201 g/mol. The molecule has 0 aliphatic carbocycles. The Balaban J connectivity index is 2.36. The molecule has 1 N–H and O–H groups in total. The van der Waals surface area contributed by atoms with Gasteiger partial charge in [0.25, 0.3) is 0 Å². The molecule has 0 aromatic carbocycles. The highest BCUT2D eigenvalue weighted by Gasteiger charge is 2.31. The van der Waals surface area contributed by atoms with Crippen LogP contribution in [0.2, 0.25) is 0 Å². The molecule has 0 aromatic heterocycles. The topological polar surface area (TPSA) is 32.7 Å². The minimum absolute atomic E-state index is 0.0517. The van der Waals surface area contributed by atoms with E-state index in [2.05, 4.69) is 11.8 Å². The van der Waals surface area contributed by atoms with E-state index in [1.807, 2.05) is 13.8 Å². The van der Waals surface area contributed by atoms with Gasteiger partial charge in [-0.3, -0.25) is 0 Å². The van der Waals surface area contributed by atoms with E-state index in [0.29, 0.717) is 0 Å². The summed E-state index contributed by atoms with van der Waals surface area (Å²) in [6.07, 6.45) is 2.11. The second-order valence-electron chi connectivity index (χ2n) is 5.24. The second-order valence-corrected chi connectivity index (χ2v) is 5.24. The Morgan fingerprint density at radius 1 is 1.36 bits per heavy atom. The largest absolute Gasteiger partial charge is 0.389 e. The Labute approximate surface area is 87.1 Å². The van der Waals surface area contributed by atoms with Crippen LogP contribution in [0.4, 0.5) is 0 Å². The summed E-state index contributed by atoms with van der Waals surface area (Å²) in [5.74, 6) is 0. The van der Waals surface area contributed by atoms with Crippen molar-refractivity contribution in [1.29, 1.82) is 0 Å². The Bertz CT molecular complexity index is 178. The first-order valence-corrected chi connectivity index (χ1v) is 5.35. The fraction of sp³-hybridized carbons (Fsp3) is 1.00. The number of hydrogen-bond donors (Lipinski definition) is 1. The van der Waals surface area contributed by atoms with Crippen LogP contribution in [0.5, 0.6) is 0 Å². The smallest absolute Gasteiger partial charge is 0.0718 e. The summed E-state index contributed by atoms with van der Waals surface area (Å²) in [4.78, 5) is 2.31. The normalized spacial score (nSPS) is 23.8. The highest BCUT2D eigenvalue weighted by atomic mass is 16.5. The summed E-state index contributed by atoms with van der Waals surface area (Å²) in [6.45, 7) is 8.68. The summed E-state index contributed by atoms with van der Waals surface area (Å²) < 4.78 is 5.47. The molecule has 84 valence electrons. The van der Waals surface area contributed by atoms with Gasteiger partial charge in [0.2, 0.25) is 0 Å². The first-order valence-electron chi connectivity index (χ1n) is 5.35. The van der Waals surface area contributed by atoms with Crippen LogP contribution in [0, 0.1) is 0 Å². The Morgan fingerprint density at radius 3 is 2.21 bits per heavy atom. The first kappa shape index (κ1) is 12.0. The van der Waals surface area contributed by atoms with E-state index in [4.69, 9.17) is 4.74 Å². The zero-order chi connectivity index (χ0) is 10.8. The number of ether oxygens (including phenoxy) is 1. The lowest BCUT2D eigenvalue weighted by molar-refractivity contribution is -0.0569. The van der Waals surface area contributed by atoms with Crippen LogP contribution in [0.3, 0.4) is 0 Å². The van der Waals surface area contributed by atoms with Gasteiger partial charge in [-0.05, 0) is 33.6 Å². The predicted molar refractivity (Wildman–Crippen MR) is 57.4 cm³/mol. The molecule has 1 aliphatic rings. The van der Waals surface area contributed by atoms with Crippen molar-refractivity contribution in [3.8, 4) is 0 Å². The first-order chi connectivity index (χ1) is 6.35. The highest BCUT2D eigenvalue weighted by molar-refractivity contribution is 4.85. The SMILES string of the molecule is COC1(C)CCN(CC(C)(C)O)CC1. The number of piperidine rings is 1. The summed E-state index contributed by atoms with van der Waals surface area (Å²) in [6, 6.07) is 0. The van der Waals surface area contributed by atoms with Gasteiger partial charge in [0, 0.05) is 26.7 Å². The summed E-state index contributed by atoms with van der Waals surface area (Å²) in [5.41, 5.74) is -0.531. The number of nitrogens with zero attached hydrogens (tertiary/aromatic N) is 1. The van der Waals surface area contributed by atoms with Crippen molar-refractivity contribution in [3.05, 3.63) is 0 Å². The van der Waals surface area contributed by atoms with Gasteiger partial charge < -0.3 is 14.7 Å². The minimum Gasteiger partial charge on any atom is -0.389 e. The van der Waals surface area contributed by atoms with Crippen LogP contribution in [-0.4, -0.2) is 48.0 Å². The van der Waals surface area contributed by atoms with Gasteiger partial charge in [-0.1, -0.05) is 0 Å². The molecule has 3 heteroatoms. The van der Waals surface area contributed by atoms with Crippen molar-refractivity contribution in [3.63, 3.8) is 0 Å². The molecule has 1 fully saturated rings. The van der Waals surface area contributed by atoms with Crippen LogP contribution in [0.15, 0.2) is 0 Å². The third-order valence-electron chi connectivity index (χ3n) is 3.02. The standard InChI is InChI=1S/C11H23NO2/c1-10(2,13)9-12-7-5-11(3,14-4)6-8-12/h13H,5-9H2,1-4H3. The molecular formula is C11H23NO2. The zero-order valence-electron chi connectivity index (χ0n) is 9.84. The average Bonchev–Trinajstić information content (AvgIpc) is 2.07. The van der Waals surface area contributed by atoms with Gasteiger partial charge in [0.05, 0.1) is 11.2 Å². The lowest BCUT2D eigenvalue weighted by atomic mass is 9.92. The number of β-amino-alcohol motifs (C(OH)–C–C–N with tert-alkyl or cyclic N) is 1. The molecule has 1 saturated heterocycles. The van der Waals surface area contributed by atoms with Gasteiger partial charge in [0.15, 0.2) is 0 Å². The number of aliphatic hydroxyl groups is 1. The van der Waals surface area contributed by atoms with Crippen LogP contribution in [0.25, 0.3) is 0 Å². The quantitative estimate of drug-likeness (QED) is 0.746. The maximum atomic E-state index is 9.68. The fourth-order valence-electron chi connectivity index (χ4n) is 1.94. The van der Waals surface area contributed by atoms with Crippen molar-refractivity contribution in [2.24, 2.45) is 0 Å². The Hall–Kier alpha value is -0.120. The van der Waals surface area contributed by atoms with Gasteiger partial charge in [-0.2, -0.15) is 0 Å². The van der Waals surface area contributed by atoms with Gasteiger partial charge >= 0.3 is 0 Å². The third kappa shape index (κ3) is 3.56. The molecule has 14 heavy (non-hydrogen) atoms. The summed E-state index contributed by atoms with van der Waals surface area (Å²) in [5, 5.41) is 9.68. The Morgan fingerprint density at radius 2 is 1.86 bits per heavy atom. The molecule has 1 heterocycles. The van der Waals surface area contributed by atoms with Crippen molar-refractivity contribution in [1.82, 2.24) is 4.90 Å². The van der Waals surface area contributed by atoms with Gasteiger partial charge in [-0.25, -0.2) is 0 Å². The molecule has 1 aliphatic heterocycles. The van der Waals surface area contributed by atoms with Crippen LogP contribution < -0.4 is 0 Å². The molecule has 0 amide bonds. The highest BCUT2D eigenvalue weighted by Crippen LogP contribution is 2.25. The Kier molecular flexibility index (Phi) is 3.56. The van der Waals surface area contributed by atoms with E-state index in [9.17, 15) is 5.11 Å². The molecule has 0 spiro atoms. The minimum atomic E-state index is -0.583. The van der Waals surface area contributed by atoms with E-state index < -0.39 is 5.60 Å². The molecule has 0 radical (unpaired) electrons. The summed E-state index contributed by atoms with van der Waals surface area (Å²) >= 11 is 0. The second kappa shape index (κ2) is 4.17. The maximum absolute atomic E-state index is 9.68. The van der Waals surface area contributed by atoms with Crippen molar-refractivity contribution < 1.29 is 9.84 Å². The van der Waals surface area contributed by atoms with Crippen LogP contribution >= 0.6 is 0 Å². The van der Waals surface area contributed by atoms with Crippen molar-refractivity contribution in [2.75, 3.05) is 26.7 Å². The molecule has 3 nitrogen and oxygen atoms in total. The van der Waals surface area contributed by atoms with Crippen LogP contribution in [0.1, 0.15) is 33.6 Å². The van der Waals surface area contributed by atoms with E-state index in [-0.39, 0.29) is 5.60 Å².